The van der Waals surface area contributed by atoms with Gasteiger partial charge in [-0.2, -0.15) is 0 Å². The highest BCUT2D eigenvalue weighted by atomic mass is 32.1. The third kappa shape index (κ3) is 2.64. The molecule has 1 aromatic heterocycles. The minimum absolute atomic E-state index is 0.245. The van der Waals surface area contributed by atoms with E-state index in [4.69, 9.17) is 10.5 Å². The van der Waals surface area contributed by atoms with Crippen LogP contribution in [0, 0.1) is 0 Å². The van der Waals surface area contributed by atoms with Gasteiger partial charge in [-0.15, -0.1) is 11.3 Å². The summed E-state index contributed by atoms with van der Waals surface area (Å²) in [4.78, 5) is 18.3. The lowest BCUT2D eigenvalue weighted by molar-refractivity contribution is 0.0520. The minimum Gasteiger partial charge on any atom is -0.462 e. The number of esters is 1. The lowest BCUT2D eigenvalue weighted by atomic mass is 9.77. The van der Waals surface area contributed by atoms with Crippen molar-refractivity contribution in [3.05, 3.63) is 16.0 Å². The highest BCUT2D eigenvalue weighted by Gasteiger charge is 2.43. The van der Waals surface area contributed by atoms with E-state index in [2.05, 4.69) is 23.9 Å². The van der Waals surface area contributed by atoms with Gasteiger partial charge in [0.25, 0.3) is 0 Å². The number of carbonyl (C=O) groups is 1. The molecule has 0 spiro atoms. The number of hydrogen-bond donors (Lipinski definition) is 1. The molecule has 0 aromatic carbocycles. The van der Waals surface area contributed by atoms with Crippen molar-refractivity contribution in [2.24, 2.45) is 0 Å². The Morgan fingerprint density at radius 3 is 2.91 bits per heavy atom. The van der Waals surface area contributed by atoms with Crippen LogP contribution in [-0.4, -0.2) is 56.1 Å². The van der Waals surface area contributed by atoms with Gasteiger partial charge in [-0.05, 0) is 45.3 Å². The van der Waals surface area contributed by atoms with Crippen LogP contribution < -0.4 is 5.73 Å². The summed E-state index contributed by atoms with van der Waals surface area (Å²) < 4.78 is 5.21. The van der Waals surface area contributed by atoms with Crippen molar-refractivity contribution in [1.82, 2.24) is 9.80 Å². The Balaban J connectivity index is 1.89. The maximum atomic E-state index is 12.3. The van der Waals surface area contributed by atoms with Gasteiger partial charge in [0.15, 0.2) is 0 Å². The number of nitrogens with two attached hydrogens (primary N) is 1. The zero-order valence-corrected chi connectivity index (χ0v) is 14.4. The number of likely N-dealkylation sites (N-methyl/N-ethyl adjacent to an activating group) is 1. The molecule has 3 heterocycles. The van der Waals surface area contributed by atoms with Crippen LogP contribution in [0.4, 0.5) is 5.00 Å². The van der Waals surface area contributed by atoms with Gasteiger partial charge in [-0.1, -0.05) is 0 Å². The Kier molecular flexibility index (Phi) is 4.43. The van der Waals surface area contributed by atoms with Crippen molar-refractivity contribution in [3.8, 4) is 0 Å². The monoisotopic (exact) mass is 323 g/mol. The van der Waals surface area contributed by atoms with Crippen LogP contribution in [0.2, 0.25) is 0 Å². The van der Waals surface area contributed by atoms with E-state index in [-0.39, 0.29) is 5.97 Å². The average Bonchev–Trinajstić information content (AvgIpc) is 2.84. The Morgan fingerprint density at radius 1 is 1.45 bits per heavy atom. The predicted molar refractivity (Wildman–Crippen MR) is 89.5 cm³/mol. The molecule has 2 atom stereocenters. The molecule has 0 amide bonds. The van der Waals surface area contributed by atoms with Gasteiger partial charge in [0, 0.05) is 30.6 Å². The van der Waals surface area contributed by atoms with Crippen molar-refractivity contribution in [2.45, 2.75) is 31.7 Å². The summed E-state index contributed by atoms with van der Waals surface area (Å²) in [6.45, 7) is 5.40. The van der Waals surface area contributed by atoms with E-state index in [0.717, 1.165) is 26.1 Å². The third-order valence-corrected chi connectivity index (χ3v) is 5.85. The molecule has 2 aliphatic heterocycles. The highest BCUT2D eigenvalue weighted by Crippen LogP contribution is 2.53. The molecule has 1 aliphatic carbocycles. The summed E-state index contributed by atoms with van der Waals surface area (Å²) in [5.74, 6) is 0.181. The molecule has 1 saturated heterocycles. The standard InChI is InChI=1S/C16H25N3O2S/c1-4-21-16(20)13-12-10-5-6-11(14(12)22-15(13)17)19(9-10)8-7-18(2)3/h10-11H,4-9,17H2,1-3H3. The molecule has 5 nitrogen and oxygen atoms in total. The van der Waals surface area contributed by atoms with E-state index in [9.17, 15) is 4.79 Å². The van der Waals surface area contributed by atoms with Gasteiger partial charge in [-0.3, -0.25) is 4.90 Å². The number of fused-ring (bicyclic) bond motifs is 2. The minimum atomic E-state index is -0.245. The molecule has 2 bridgehead atoms. The first-order valence-corrected chi connectivity index (χ1v) is 8.82. The number of piperidine rings is 1. The van der Waals surface area contributed by atoms with E-state index in [1.165, 1.54) is 16.9 Å². The van der Waals surface area contributed by atoms with Gasteiger partial charge < -0.3 is 15.4 Å². The molecule has 6 heteroatoms. The van der Waals surface area contributed by atoms with Crippen LogP contribution in [0.1, 0.15) is 52.5 Å². The number of hydrogen-bond acceptors (Lipinski definition) is 6. The smallest absolute Gasteiger partial charge is 0.341 e. The Morgan fingerprint density at radius 2 is 2.23 bits per heavy atom. The number of anilines is 1. The SMILES string of the molecule is CCOC(=O)c1c(N)sc2c1C1CCC2N(CCN(C)C)C1. The van der Waals surface area contributed by atoms with Crippen LogP contribution in [0.15, 0.2) is 0 Å². The fraction of sp³-hybridized carbons (Fsp3) is 0.688. The van der Waals surface area contributed by atoms with E-state index >= 15 is 0 Å². The van der Waals surface area contributed by atoms with Gasteiger partial charge in [0.05, 0.1) is 12.2 Å². The number of thiophene rings is 1. The summed E-state index contributed by atoms with van der Waals surface area (Å²) in [6.07, 6.45) is 2.33. The second-order valence-electron chi connectivity index (χ2n) is 6.43. The van der Waals surface area contributed by atoms with Gasteiger partial charge in [0.1, 0.15) is 5.00 Å². The fourth-order valence-electron chi connectivity index (χ4n) is 3.70. The molecule has 122 valence electrons. The van der Waals surface area contributed by atoms with E-state index in [0.29, 0.717) is 29.1 Å². The molecule has 2 unspecified atom stereocenters. The molecule has 22 heavy (non-hydrogen) atoms. The molecule has 2 N–H and O–H groups in total. The largest absolute Gasteiger partial charge is 0.462 e. The summed E-state index contributed by atoms with van der Waals surface area (Å²) in [5.41, 5.74) is 8.01. The van der Waals surface area contributed by atoms with Gasteiger partial charge >= 0.3 is 5.97 Å². The number of nitrogens with zero attached hydrogens (tertiary/aromatic N) is 2. The summed E-state index contributed by atoms with van der Waals surface area (Å²) >= 11 is 1.59. The fourth-order valence-corrected chi connectivity index (χ4v) is 5.01. The highest BCUT2D eigenvalue weighted by molar-refractivity contribution is 7.16. The molecular weight excluding hydrogens is 298 g/mol. The second kappa shape index (κ2) is 6.18. The lowest BCUT2D eigenvalue weighted by Gasteiger charge is -2.45. The maximum absolute atomic E-state index is 12.3. The number of nitrogen functional groups attached to an aromatic ring is 1. The molecule has 4 rings (SSSR count). The summed E-state index contributed by atoms with van der Waals surface area (Å²) in [6, 6.07) is 0.426. The molecule has 3 aliphatic rings. The van der Waals surface area contributed by atoms with Crippen molar-refractivity contribution in [1.29, 1.82) is 0 Å². The normalized spacial score (nSPS) is 23.8. The van der Waals surface area contributed by atoms with Crippen molar-refractivity contribution in [3.63, 3.8) is 0 Å². The van der Waals surface area contributed by atoms with Crippen LogP contribution >= 0.6 is 11.3 Å². The first-order chi connectivity index (χ1) is 10.5. The Hall–Kier alpha value is -1.11. The van der Waals surface area contributed by atoms with Crippen LogP contribution in [-0.2, 0) is 4.74 Å². The maximum Gasteiger partial charge on any atom is 0.341 e. The summed E-state index contributed by atoms with van der Waals surface area (Å²) in [7, 11) is 4.21. The van der Waals surface area contributed by atoms with Gasteiger partial charge in [0.2, 0.25) is 0 Å². The van der Waals surface area contributed by atoms with Gasteiger partial charge in [-0.25, -0.2) is 4.79 Å². The molecular formula is C16H25N3O2S. The van der Waals surface area contributed by atoms with Crippen LogP contribution in [0.5, 0.6) is 0 Å². The molecule has 0 saturated carbocycles. The first-order valence-electron chi connectivity index (χ1n) is 8.00. The number of ether oxygens (including phenoxy) is 1. The van der Waals surface area contributed by atoms with Crippen molar-refractivity contribution < 1.29 is 9.53 Å². The predicted octanol–water partition coefficient (Wildman–Crippen LogP) is 2.30. The molecule has 0 radical (unpaired) electrons. The van der Waals surface area contributed by atoms with E-state index in [1.807, 2.05) is 6.92 Å². The number of carbonyl (C=O) groups excluding carboxylic acids is 1. The quantitative estimate of drug-likeness (QED) is 0.843. The Labute approximate surface area is 136 Å². The topological polar surface area (TPSA) is 58.8 Å². The Bertz CT molecular complexity index is 570. The second-order valence-corrected chi connectivity index (χ2v) is 7.51. The third-order valence-electron chi connectivity index (χ3n) is 4.71. The van der Waals surface area contributed by atoms with E-state index in [1.54, 1.807) is 11.3 Å². The molecule has 1 fully saturated rings. The number of rotatable bonds is 5. The van der Waals surface area contributed by atoms with Crippen molar-refractivity contribution in [2.75, 3.05) is 46.1 Å². The zero-order chi connectivity index (χ0) is 15.9. The average molecular weight is 323 g/mol. The zero-order valence-electron chi connectivity index (χ0n) is 13.6. The van der Waals surface area contributed by atoms with E-state index < -0.39 is 0 Å². The van der Waals surface area contributed by atoms with Crippen LogP contribution in [0.3, 0.4) is 0 Å². The first kappa shape index (κ1) is 15.8. The molecule has 1 aromatic rings. The van der Waals surface area contributed by atoms with Crippen molar-refractivity contribution >= 4 is 22.3 Å². The summed E-state index contributed by atoms with van der Waals surface area (Å²) in [5, 5.41) is 0.634. The lowest BCUT2D eigenvalue weighted by Crippen LogP contribution is -2.44. The van der Waals surface area contributed by atoms with Crippen LogP contribution in [0.25, 0.3) is 0 Å².